The highest BCUT2D eigenvalue weighted by atomic mass is 19.4. The highest BCUT2D eigenvalue weighted by Gasteiger charge is 2.72. The molecule has 35 heavy (non-hydrogen) atoms. The Morgan fingerprint density at radius 3 is 2.17 bits per heavy atom. The first-order valence-electron chi connectivity index (χ1n) is 11.1. The number of halogens is 4. The van der Waals surface area contributed by atoms with Gasteiger partial charge in [-0.25, -0.2) is 4.39 Å². The van der Waals surface area contributed by atoms with Crippen molar-refractivity contribution in [2.75, 3.05) is 0 Å². The van der Waals surface area contributed by atoms with E-state index in [1.165, 1.54) is 0 Å². The van der Waals surface area contributed by atoms with Crippen LogP contribution in [0.3, 0.4) is 0 Å². The van der Waals surface area contributed by atoms with Gasteiger partial charge in [-0.2, -0.15) is 13.2 Å². The molecule has 2 aromatic rings. The van der Waals surface area contributed by atoms with Crippen molar-refractivity contribution in [1.82, 2.24) is 10.2 Å². The van der Waals surface area contributed by atoms with Crippen molar-refractivity contribution in [2.45, 2.75) is 51.4 Å². The predicted molar refractivity (Wildman–Crippen MR) is 119 cm³/mol. The largest absolute Gasteiger partial charge is 0.425 e. The van der Waals surface area contributed by atoms with Crippen LogP contribution in [0.1, 0.15) is 55.6 Å². The van der Waals surface area contributed by atoms with Crippen LogP contribution in [-0.4, -0.2) is 34.2 Å². The van der Waals surface area contributed by atoms with E-state index in [0.29, 0.717) is 5.56 Å². The molecule has 2 aliphatic rings. The van der Waals surface area contributed by atoms with Crippen molar-refractivity contribution >= 4 is 17.6 Å². The van der Waals surface area contributed by atoms with Gasteiger partial charge in [0.25, 0.3) is 11.8 Å². The Morgan fingerprint density at radius 2 is 1.60 bits per heavy atom. The summed E-state index contributed by atoms with van der Waals surface area (Å²) in [6.45, 7) is 5.07. The molecule has 4 rings (SSSR count). The highest BCUT2D eigenvalue weighted by molar-refractivity contribution is 6.14. The quantitative estimate of drug-likeness (QED) is 0.609. The molecule has 0 aromatic heterocycles. The van der Waals surface area contributed by atoms with Crippen LogP contribution in [0.25, 0.3) is 0 Å². The van der Waals surface area contributed by atoms with Crippen molar-refractivity contribution in [3.8, 4) is 0 Å². The molecule has 1 N–H and O–H groups in total. The summed E-state index contributed by atoms with van der Waals surface area (Å²) in [5.41, 5.74) is -4.72. The molecule has 9 heteroatoms. The van der Waals surface area contributed by atoms with Crippen LogP contribution >= 0.6 is 0 Å². The fraction of sp³-hybridized carbons (Fsp3) is 0.346. The van der Waals surface area contributed by atoms with E-state index in [4.69, 9.17) is 0 Å². The standard InChI is InChI=1S/C26H24F4N2O3/c1-15(16-7-5-4-6-8-16)32-19-13-24(2,3)14-20(33)21(19)25(23(32)35,26(28,29)30)31-22(34)17-9-11-18(27)12-10-17/h4-12,15H,13-14H2,1-3H3,(H,31,34). The first kappa shape index (κ1) is 24.6. The number of nitrogens with zero attached hydrogens (tertiary/aromatic N) is 1. The van der Waals surface area contributed by atoms with Crippen molar-refractivity contribution in [3.63, 3.8) is 0 Å². The number of alkyl halides is 3. The number of hydrogen-bond acceptors (Lipinski definition) is 3. The number of carbonyl (C=O) groups excluding carboxylic acids is 3. The molecule has 0 fully saturated rings. The lowest BCUT2D eigenvalue weighted by Crippen LogP contribution is -2.66. The summed E-state index contributed by atoms with van der Waals surface area (Å²) in [6.07, 6.45) is -5.49. The third-order valence-corrected chi connectivity index (χ3v) is 6.56. The minimum Gasteiger partial charge on any atom is -0.326 e. The van der Waals surface area contributed by atoms with Crippen molar-refractivity contribution in [1.29, 1.82) is 0 Å². The molecule has 0 saturated carbocycles. The Kier molecular flexibility index (Phi) is 5.85. The maximum atomic E-state index is 14.9. The Balaban J connectivity index is 1.91. The molecular formula is C26H24F4N2O3. The Morgan fingerprint density at radius 1 is 1.00 bits per heavy atom. The summed E-state index contributed by atoms with van der Waals surface area (Å²) in [4.78, 5) is 40.9. The molecule has 2 amide bonds. The highest BCUT2D eigenvalue weighted by Crippen LogP contribution is 2.53. The number of ketones is 1. The summed E-state index contributed by atoms with van der Waals surface area (Å²) in [5, 5.41) is 1.85. The Bertz CT molecular complexity index is 1220. The van der Waals surface area contributed by atoms with Gasteiger partial charge in [0.1, 0.15) is 5.82 Å². The minimum atomic E-state index is -5.32. The molecule has 0 bridgehead atoms. The van der Waals surface area contributed by atoms with Crippen molar-refractivity contribution in [2.24, 2.45) is 5.41 Å². The number of Topliss-reactive ketones (excluding diaryl/α,β-unsaturated/α-hetero) is 1. The van der Waals surface area contributed by atoms with E-state index >= 15 is 0 Å². The molecule has 2 aromatic carbocycles. The van der Waals surface area contributed by atoms with Gasteiger partial charge in [-0.05, 0) is 48.6 Å². The van der Waals surface area contributed by atoms with Gasteiger partial charge in [-0.1, -0.05) is 44.2 Å². The van der Waals surface area contributed by atoms with Gasteiger partial charge < -0.3 is 10.2 Å². The third-order valence-electron chi connectivity index (χ3n) is 6.56. The summed E-state index contributed by atoms with van der Waals surface area (Å²) in [7, 11) is 0. The van der Waals surface area contributed by atoms with Gasteiger partial charge in [0.05, 0.1) is 11.6 Å². The molecular weight excluding hydrogens is 464 g/mol. The van der Waals surface area contributed by atoms with Crippen molar-refractivity contribution < 1.29 is 31.9 Å². The smallest absolute Gasteiger partial charge is 0.326 e. The number of allylic oxidation sites excluding steroid dienone is 1. The fourth-order valence-corrected chi connectivity index (χ4v) is 4.91. The number of hydrogen-bond donors (Lipinski definition) is 1. The second kappa shape index (κ2) is 8.32. The number of benzene rings is 2. The zero-order valence-electron chi connectivity index (χ0n) is 19.4. The fourth-order valence-electron chi connectivity index (χ4n) is 4.91. The molecule has 1 aliphatic heterocycles. The van der Waals surface area contributed by atoms with Crippen LogP contribution < -0.4 is 5.32 Å². The molecule has 0 saturated heterocycles. The molecule has 5 nitrogen and oxygen atoms in total. The van der Waals surface area contributed by atoms with E-state index in [9.17, 15) is 31.9 Å². The molecule has 184 valence electrons. The van der Waals surface area contributed by atoms with Gasteiger partial charge in [0.2, 0.25) is 5.54 Å². The van der Waals surface area contributed by atoms with Gasteiger partial charge in [0.15, 0.2) is 5.78 Å². The molecule has 2 atom stereocenters. The van der Waals surface area contributed by atoms with Gasteiger partial charge in [0, 0.05) is 17.7 Å². The molecule has 1 heterocycles. The van der Waals surface area contributed by atoms with Crippen LogP contribution in [0.4, 0.5) is 17.6 Å². The predicted octanol–water partition coefficient (Wildman–Crippen LogP) is 5.10. The van der Waals surface area contributed by atoms with Crippen molar-refractivity contribution in [3.05, 3.63) is 82.8 Å². The zero-order chi connectivity index (χ0) is 25.8. The average molecular weight is 488 g/mol. The molecule has 1 aliphatic carbocycles. The van der Waals surface area contributed by atoms with E-state index in [0.717, 1.165) is 29.2 Å². The van der Waals surface area contributed by atoms with Gasteiger partial charge in [-0.3, -0.25) is 14.4 Å². The lowest BCUT2D eigenvalue weighted by Gasteiger charge is -2.35. The number of amides is 2. The van der Waals surface area contributed by atoms with Crippen LogP contribution in [0.5, 0.6) is 0 Å². The Hall–Kier alpha value is -3.49. The first-order valence-corrected chi connectivity index (χ1v) is 11.1. The van der Waals surface area contributed by atoms with E-state index in [1.807, 2.05) is 5.32 Å². The normalized spacial score (nSPS) is 22.8. The molecule has 0 radical (unpaired) electrons. The van der Waals surface area contributed by atoms with Crippen LogP contribution in [0, 0.1) is 11.2 Å². The zero-order valence-corrected chi connectivity index (χ0v) is 19.4. The molecule has 2 unspecified atom stereocenters. The van der Waals surface area contributed by atoms with Crippen LogP contribution in [0.2, 0.25) is 0 Å². The third kappa shape index (κ3) is 4.02. The van der Waals surface area contributed by atoms with Crippen LogP contribution in [0.15, 0.2) is 65.9 Å². The van der Waals surface area contributed by atoms with Gasteiger partial charge >= 0.3 is 6.18 Å². The summed E-state index contributed by atoms with van der Waals surface area (Å²) < 4.78 is 57.9. The number of nitrogens with one attached hydrogen (secondary N) is 1. The number of carbonyl (C=O) groups is 3. The summed E-state index contributed by atoms with van der Waals surface area (Å²) in [5.74, 6) is -4.20. The van der Waals surface area contributed by atoms with E-state index < -0.39 is 52.2 Å². The molecule has 0 spiro atoms. The lowest BCUT2D eigenvalue weighted by atomic mass is 9.72. The summed E-state index contributed by atoms with van der Waals surface area (Å²) >= 11 is 0. The maximum Gasteiger partial charge on any atom is 0.425 e. The topological polar surface area (TPSA) is 66.5 Å². The first-order chi connectivity index (χ1) is 16.3. The van der Waals surface area contributed by atoms with E-state index in [-0.39, 0.29) is 24.1 Å². The Labute approximate surface area is 199 Å². The van der Waals surface area contributed by atoms with Crippen LogP contribution in [-0.2, 0) is 9.59 Å². The second-order valence-electron chi connectivity index (χ2n) is 9.73. The van der Waals surface area contributed by atoms with E-state index in [1.54, 1.807) is 51.1 Å². The minimum absolute atomic E-state index is 0.0377. The monoisotopic (exact) mass is 488 g/mol. The second-order valence-corrected chi connectivity index (χ2v) is 9.73. The maximum absolute atomic E-state index is 14.9. The van der Waals surface area contributed by atoms with E-state index in [2.05, 4.69) is 0 Å². The average Bonchev–Trinajstić information content (AvgIpc) is 3.01. The number of rotatable bonds is 4. The van der Waals surface area contributed by atoms with Gasteiger partial charge in [-0.15, -0.1) is 0 Å². The lowest BCUT2D eigenvalue weighted by molar-refractivity contribution is -0.191. The summed E-state index contributed by atoms with van der Waals surface area (Å²) in [6, 6.07) is 11.5. The SMILES string of the molecule is CC(c1ccccc1)N1C(=O)C(NC(=O)c2ccc(F)cc2)(C(F)(F)F)C2=C1CC(C)(C)CC2=O.